The Morgan fingerprint density at radius 2 is 1.19 bits per heavy atom. The zero-order chi connectivity index (χ0) is 15.6. The van der Waals surface area contributed by atoms with Gasteiger partial charge in [-0.15, -0.1) is 0 Å². The van der Waals surface area contributed by atoms with Crippen LogP contribution < -0.4 is 9.47 Å². The molecule has 0 radical (unpaired) electrons. The van der Waals surface area contributed by atoms with Crippen molar-refractivity contribution in [2.75, 3.05) is 14.2 Å². The van der Waals surface area contributed by atoms with Crippen molar-refractivity contribution < 1.29 is 28.1 Å². The summed E-state index contributed by atoms with van der Waals surface area (Å²) in [6.45, 7) is 0. The molecule has 0 amide bonds. The van der Waals surface area contributed by atoms with Crippen molar-refractivity contribution >= 4 is 9.84 Å². The molecular weight excluding hydrogens is 296 g/mol. The molecule has 0 fully saturated rings. The highest BCUT2D eigenvalue weighted by atomic mass is 32.2. The summed E-state index contributed by atoms with van der Waals surface area (Å²) in [6.07, 6.45) is 0. The molecule has 2 rings (SSSR count). The van der Waals surface area contributed by atoms with Gasteiger partial charge in [-0.25, -0.2) is 8.42 Å². The summed E-state index contributed by atoms with van der Waals surface area (Å²) in [5.41, 5.74) is 0. The molecule has 0 aromatic heterocycles. The van der Waals surface area contributed by atoms with E-state index < -0.39 is 9.84 Å². The number of methoxy groups -OCH3 is 2. The van der Waals surface area contributed by atoms with Gasteiger partial charge in [0.25, 0.3) is 0 Å². The summed E-state index contributed by atoms with van der Waals surface area (Å²) in [6, 6.07) is 7.41. The Balaban J connectivity index is 2.68. The van der Waals surface area contributed by atoms with E-state index in [1.54, 1.807) is 0 Å². The number of hydrogen-bond donors (Lipinski definition) is 2. The molecule has 2 aromatic carbocycles. The minimum absolute atomic E-state index is 0.0186. The van der Waals surface area contributed by atoms with Crippen molar-refractivity contribution in [3.05, 3.63) is 36.4 Å². The molecule has 0 saturated carbocycles. The monoisotopic (exact) mass is 310 g/mol. The summed E-state index contributed by atoms with van der Waals surface area (Å²) in [7, 11) is -1.32. The summed E-state index contributed by atoms with van der Waals surface area (Å²) in [4.78, 5) is -0.210. The highest BCUT2D eigenvalue weighted by Crippen LogP contribution is 2.37. The molecule has 0 atom stereocenters. The van der Waals surface area contributed by atoms with Gasteiger partial charge in [0.1, 0.15) is 32.8 Å². The second-order valence-electron chi connectivity index (χ2n) is 4.17. The van der Waals surface area contributed by atoms with Gasteiger partial charge in [0.05, 0.1) is 14.2 Å². The van der Waals surface area contributed by atoms with Crippen molar-refractivity contribution in [2.24, 2.45) is 0 Å². The van der Waals surface area contributed by atoms with Crippen LogP contribution in [0.5, 0.6) is 23.0 Å². The first-order valence-corrected chi connectivity index (χ1v) is 7.37. The van der Waals surface area contributed by atoms with Crippen molar-refractivity contribution in [3.8, 4) is 23.0 Å². The van der Waals surface area contributed by atoms with Gasteiger partial charge in [-0.05, 0) is 24.3 Å². The number of sulfone groups is 1. The highest BCUT2D eigenvalue weighted by Gasteiger charge is 2.26. The Hall–Kier alpha value is -2.41. The van der Waals surface area contributed by atoms with E-state index in [1.165, 1.54) is 50.6 Å². The normalized spacial score (nSPS) is 11.1. The van der Waals surface area contributed by atoms with E-state index in [0.29, 0.717) is 0 Å². The average Bonchev–Trinajstić information content (AvgIpc) is 2.46. The summed E-state index contributed by atoms with van der Waals surface area (Å²) in [5.74, 6) is -0.179. The van der Waals surface area contributed by atoms with Gasteiger partial charge in [-0.2, -0.15) is 0 Å². The topological polar surface area (TPSA) is 93.1 Å². The molecule has 0 saturated heterocycles. The molecule has 0 aliphatic rings. The van der Waals surface area contributed by atoms with Gasteiger partial charge in [-0.1, -0.05) is 0 Å². The van der Waals surface area contributed by atoms with Gasteiger partial charge in [0.15, 0.2) is 0 Å². The third-order valence-electron chi connectivity index (χ3n) is 2.87. The van der Waals surface area contributed by atoms with Crippen LogP contribution in [0, 0.1) is 0 Å². The first kappa shape index (κ1) is 15.0. The lowest BCUT2D eigenvalue weighted by atomic mass is 10.3. The van der Waals surface area contributed by atoms with Gasteiger partial charge < -0.3 is 19.7 Å². The Kier molecular flexibility index (Phi) is 3.95. The third kappa shape index (κ3) is 2.73. The molecule has 0 heterocycles. The second kappa shape index (κ2) is 5.53. The van der Waals surface area contributed by atoms with E-state index in [9.17, 15) is 18.6 Å². The smallest absolute Gasteiger partial charge is 0.213 e. The summed E-state index contributed by atoms with van der Waals surface area (Å²) < 4.78 is 35.4. The van der Waals surface area contributed by atoms with Gasteiger partial charge in [-0.3, -0.25) is 0 Å². The quantitative estimate of drug-likeness (QED) is 0.896. The average molecular weight is 310 g/mol. The van der Waals surface area contributed by atoms with Crippen molar-refractivity contribution in [1.29, 1.82) is 0 Å². The largest absolute Gasteiger partial charge is 0.508 e. The molecule has 6 nitrogen and oxygen atoms in total. The molecule has 0 spiro atoms. The molecular formula is C14H14O6S. The van der Waals surface area contributed by atoms with E-state index in [-0.39, 0.29) is 32.8 Å². The van der Waals surface area contributed by atoms with E-state index >= 15 is 0 Å². The Morgan fingerprint density at radius 3 is 1.52 bits per heavy atom. The summed E-state index contributed by atoms with van der Waals surface area (Å²) in [5, 5.41) is 18.8. The van der Waals surface area contributed by atoms with Gasteiger partial charge in [0.2, 0.25) is 9.84 Å². The van der Waals surface area contributed by atoms with Crippen molar-refractivity contribution in [3.63, 3.8) is 0 Å². The number of benzene rings is 2. The maximum absolute atomic E-state index is 12.7. The van der Waals surface area contributed by atoms with Crippen LogP contribution in [0.25, 0.3) is 0 Å². The fourth-order valence-corrected chi connectivity index (χ4v) is 3.42. The Bertz CT molecular complexity index is 708. The molecule has 2 N–H and O–H groups in total. The number of aromatic hydroxyl groups is 2. The maximum Gasteiger partial charge on any atom is 0.213 e. The van der Waals surface area contributed by atoms with Crippen LogP contribution in [-0.2, 0) is 9.84 Å². The predicted octanol–water partition coefficient (Wildman–Crippen LogP) is 1.95. The Labute approximate surface area is 122 Å². The molecule has 21 heavy (non-hydrogen) atoms. The minimum atomic E-state index is -3.93. The minimum Gasteiger partial charge on any atom is -0.508 e. The van der Waals surface area contributed by atoms with Crippen LogP contribution in [-0.4, -0.2) is 32.9 Å². The number of phenols is 2. The van der Waals surface area contributed by atoms with Crippen molar-refractivity contribution in [1.82, 2.24) is 0 Å². The van der Waals surface area contributed by atoms with Crippen LogP contribution in [0.15, 0.2) is 46.2 Å². The lowest BCUT2D eigenvalue weighted by Gasteiger charge is -2.13. The SMILES string of the molecule is COc1cc(O)ccc1S(=O)(=O)c1ccc(O)cc1OC. The number of ether oxygens (including phenoxy) is 2. The lowest BCUT2D eigenvalue weighted by molar-refractivity contribution is 0.392. The van der Waals surface area contributed by atoms with Gasteiger partial charge in [0, 0.05) is 12.1 Å². The van der Waals surface area contributed by atoms with Crippen molar-refractivity contribution in [2.45, 2.75) is 9.79 Å². The maximum atomic E-state index is 12.7. The zero-order valence-electron chi connectivity index (χ0n) is 11.4. The third-order valence-corrected chi connectivity index (χ3v) is 4.71. The number of hydrogen-bond acceptors (Lipinski definition) is 6. The fraction of sp³-hybridized carbons (Fsp3) is 0.143. The highest BCUT2D eigenvalue weighted by molar-refractivity contribution is 7.91. The molecule has 7 heteroatoms. The van der Waals surface area contributed by atoms with Crippen LogP contribution >= 0.6 is 0 Å². The predicted molar refractivity (Wildman–Crippen MR) is 74.8 cm³/mol. The molecule has 112 valence electrons. The molecule has 0 aliphatic carbocycles. The van der Waals surface area contributed by atoms with E-state index in [0.717, 1.165) is 0 Å². The first-order chi connectivity index (χ1) is 9.90. The fourth-order valence-electron chi connectivity index (χ4n) is 1.88. The van der Waals surface area contributed by atoms with Crippen LogP contribution in [0.4, 0.5) is 0 Å². The van der Waals surface area contributed by atoms with Crippen LogP contribution in [0.3, 0.4) is 0 Å². The van der Waals surface area contributed by atoms with Gasteiger partial charge >= 0.3 is 0 Å². The Morgan fingerprint density at radius 1 is 0.810 bits per heavy atom. The van der Waals surface area contributed by atoms with E-state index in [4.69, 9.17) is 9.47 Å². The number of phenolic OH excluding ortho intramolecular Hbond substituents is 2. The van der Waals surface area contributed by atoms with E-state index in [2.05, 4.69) is 0 Å². The molecule has 0 unspecified atom stereocenters. The van der Waals surface area contributed by atoms with E-state index in [1.807, 2.05) is 0 Å². The molecule has 0 aliphatic heterocycles. The first-order valence-electron chi connectivity index (χ1n) is 5.89. The second-order valence-corrected chi connectivity index (χ2v) is 6.06. The standard InChI is InChI=1S/C14H14O6S/c1-19-11-7-9(15)3-5-13(11)21(17,18)14-6-4-10(16)8-12(14)20-2/h3-8,15-16H,1-2H3. The number of rotatable bonds is 4. The summed E-state index contributed by atoms with van der Waals surface area (Å²) >= 11 is 0. The molecule has 0 bridgehead atoms. The zero-order valence-corrected chi connectivity index (χ0v) is 12.2. The lowest BCUT2D eigenvalue weighted by Crippen LogP contribution is -2.06. The molecule has 2 aromatic rings. The van der Waals surface area contributed by atoms with Crippen LogP contribution in [0.2, 0.25) is 0 Å². The van der Waals surface area contributed by atoms with Crippen LogP contribution in [0.1, 0.15) is 0 Å².